The van der Waals surface area contributed by atoms with Crippen molar-refractivity contribution in [1.82, 2.24) is 5.32 Å². The van der Waals surface area contributed by atoms with E-state index in [9.17, 15) is 4.79 Å². The third-order valence-electron chi connectivity index (χ3n) is 3.33. The van der Waals surface area contributed by atoms with Gasteiger partial charge in [-0.25, -0.2) is 0 Å². The highest BCUT2D eigenvalue weighted by molar-refractivity contribution is 5.82. The molecule has 1 atom stereocenters. The maximum atomic E-state index is 12.2. The molecule has 0 fully saturated rings. The molecule has 20 heavy (non-hydrogen) atoms. The van der Waals surface area contributed by atoms with Crippen LogP contribution in [-0.2, 0) is 9.53 Å². The molecule has 112 valence electrons. The van der Waals surface area contributed by atoms with Crippen molar-refractivity contribution >= 4 is 5.91 Å². The zero-order valence-electron chi connectivity index (χ0n) is 12.6. The number of nitrogens with one attached hydrogen (secondary N) is 1. The van der Waals surface area contributed by atoms with E-state index in [0.717, 1.165) is 18.4 Å². The summed E-state index contributed by atoms with van der Waals surface area (Å²) in [7, 11) is 1.54. The lowest BCUT2D eigenvalue weighted by atomic mass is 9.88. The number of carbonyl (C=O) groups is 1. The van der Waals surface area contributed by atoms with Crippen molar-refractivity contribution < 1.29 is 14.6 Å². The summed E-state index contributed by atoms with van der Waals surface area (Å²) in [5, 5.41) is 11.8. The van der Waals surface area contributed by atoms with Crippen LogP contribution in [0.3, 0.4) is 0 Å². The van der Waals surface area contributed by atoms with Crippen LogP contribution in [0.15, 0.2) is 30.3 Å². The molecule has 0 heterocycles. The maximum absolute atomic E-state index is 12.2. The molecule has 4 heteroatoms. The van der Waals surface area contributed by atoms with Crippen LogP contribution < -0.4 is 5.32 Å². The first-order valence-electron chi connectivity index (χ1n) is 6.96. The number of rotatable bonds is 8. The number of methoxy groups -OCH3 is 1. The van der Waals surface area contributed by atoms with Gasteiger partial charge in [0.1, 0.15) is 0 Å². The second-order valence-electron chi connectivity index (χ2n) is 5.74. The van der Waals surface area contributed by atoms with Crippen LogP contribution in [0.1, 0.15) is 38.4 Å². The van der Waals surface area contributed by atoms with Crippen LogP contribution in [0, 0.1) is 5.41 Å². The topological polar surface area (TPSA) is 58.6 Å². The molecule has 0 spiro atoms. The number of amides is 1. The van der Waals surface area contributed by atoms with Gasteiger partial charge in [-0.1, -0.05) is 44.2 Å². The predicted octanol–water partition coefficient (Wildman–Crippen LogP) is 2.29. The van der Waals surface area contributed by atoms with Gasteiger partial charge in [-0.05, 0) is 23.8 Å². The van der Waals surface area contributed by atoms with Gasteiger partial charge < -0.3 is 15.2 Å². The summed E-state index contributed by atoms with van der Waals surface area (Å²) in [6.07, 6.45) is 1.03. The van der Waals surface area contributed by atoms with Crippen molar-refractivity contribution in [1.29, 1.82) is 0 Å². The zero-order chi connectivity index (χ0) is 15.0. The standard InChI is InChI=1S/C16H25NO3/c1-16(2,10-7-11-18)12-17-15(19)14(20-3)13-8-5-4-6-9-13/h4-6,8-9,14,18H,7,10-12H2,1-3H3,(H,17,19). The number of hydrogen-bond acceptors (Lipinski definition) is 3. The van der Waals surface area contributed by atoms with E-state index in [1.54, 1.807) is 0 Å². The molecule has 0 saturated carbocycles. The molecule has 1 aromatic carbocycles. The van der Waals surface area contributed by atoms with Crippen LogP contribution >= 0.6 is 0 Å². The minimum Gasteiger partial charge on any atom is -0.396 e. The maximum Gasteiger partial charge on any atom is 0.253 e. The first-order valence-corrected chi connectivity index (χ1v) is 6.96. The van der Waals surface area contributed by atoms with E-state index in [4.69, 9.17) is 9.84 Å². The average molecular weight is 279 g/mol. The van der Waals surface area contributed by atoms with Gasteiger partial charge in [-0.15, -0.1) is 0 Å². The fourth-order valence-corrected chi connectivity index (χ4v) is 2.09. The van der Waals surface area contributed by atoms with Crippen molar-refractivity contribution in [2.24, 2.45) is 5.41 Å². The molecule has 1 unspecified atom stereocenters. The number of ether oxygens (including phenoxy) is 1. The second kappa shape index (κ2) is 8.02. The number of aliphatic hydroxyl groups excluding tert-OH is 1. The molecule has 1 amide bonds. The molecule has 0 aliphatic carbocycles. The Morgan fingerprint density at radius 2 is 2.00 bits per heavy atom. The third kappa shape index (κ3) is 5.31. The highest BCUT2D eigenvalue weighted by Crippen LogP contribution is 2.22. The normalized spacial score (nSPS) is 13.0. The van der Waals surface area contributed by atoms with Gasteiger partial charge >= 0.3 is 0 Å². The quantitative estimate of drug-likeness (QED) is 0.767. The summed E-state index contributed by atoms with van der Waals surface area (Å²) >= 11 is 0. The number of benzene rings is 1. The number of carbonyl (C=O) groups excluding carboxylic acids is 1. The van der Waals surface area contributed by atoms with Crippen LogP contribution in [0.5, 0.6) is 0 Å². The summed E-state index contributed by atoms with van der Waals surface area (Å²) in [5.41, 5.74) is 0.813. The Morgan fingerprint density at radius 3 is 2.55 bits per heavy atom. The molecule has 1 rings (SSSR count). The Labute approximate surface area is 121 Å². The lowest BCUT2D eigenvalue weighted by molar-refractivity contribution is -0.131. The molecule has 1 aromatic rings. The summed E-state index contributed by atoms with van der Waals surface area (Å²) < 4.78 is 5.29. The van der Waals surface area contributed by atoms with Gasteiger partial charge in [-0.3, -0.25) is 4.79 Å². The first kappa shape index (κ1) is 16.7. The van der Waals surface area contributed by atoms with Gasteiger partial charge in [0.25, 0.3) is 5.91 Å². The molecule has 2 N–H and O–H groups in total. The van der Waals surface area contributed by atoms with Crippen LogP contribution in [0.4, 0.5) is 0 Å². The Morgan fingerprint density at radius 1 is 1.35 bits per heavy atom. The second-order valence-corrected chi connectivity index (χ2v) is 5.74. The Kier molecular flexibility index (Phi) is 6.68. The molecular weight excluding hydrogens is 254 g/mol. The molecule has 0 aliphatic heterocycles. The predicted molar refractivity (Wildman–Crippen MR) is 79.3 cm³/mol. The zero-order valence-corrected chi connectivity index (χ0v) is 12.6. The van der Waals surface area contributed by atoms with Crippen molar-refractivity contribution in [2.75, 3.05) is 20.3 Å². The van der Waals surface area contributed by atoms with Crippen molar-refractivity contribution in [2.45, 2.75) is 32.8 Å². The van der Waals surface area contributed by atoms with Crippen molar-refractivity contribution in [3.63, 3.8) is 0 Å². The number of hydrogen-bond donors (Lipinski definition) is 2. The molecule has 0 saturated heterocycles. The Balaban J connectivity index is 2.56. The highest BCUT2D eigenvalue weighted by atomic mass is 16.5. The summed E-state index contributed by atoms with van der Waals surface area (Å²) in [4.78, 5) is 12.2. The van der Waals surface area contributed by atoms with Gasteiger partial charge in [0.05, 0.1) is 0 Å². The van der Waals surface area contributed by atoms with E-state index in [1.165, 1.54) is 7.11 Å². The number of aliphatic hydroxyl groups is 1. The summed E-state index contributed by atoms with van der Waals surface area (Å²) in [6.45, 7) is 4.90. The van der Waals surface area contributed by atoms with Crippen LogP contribution in [-0.4, -0.2) is 31.3 Å². The van der Waals surface area contributed by atoms with E-state index in [1.807, 2.05) is 30.3 Å². The van der Waals surface area contributed by atoms with Gasteiger partial charge in [0.2, 0.25) is 0 Å². The minimum absolute atomic E-state index is 0.0344. The summed E-state index contributed by atoms with van der Waals surface area (Å²) in [5.74, 6) is -0.129. The van der Waals surface area contributed by atoms with Crippen LogP contribution in [0.2, 0.25) is 0 Å². The Bertz CT molecular complexity index is 403. The molecule has 4 nitrogen and oxygen atoms in total. The molecule has 0 aliphatic rings. The van der Waals surface area contributed by atoms with Gasteiger partial charge in [-0.2, -0.15) is 0 Å². The van der Waals surface area contributed by atoms with E-state index in [-0.39, 0.29) is 17.9 Å². The Hall–Kier alpha value is -1.39. The van der Waals surface area contributed by atoms with Crippen LogP contribution in [0.25, 0.3) is 0 Å². The largest absolute Gasteiger partial charge is 0.396 e. The smallest absolute Gasteiger partial charge is 0.253 e. The minimum atomic E-state index is -0.579. The molecule has 0 radical (unpaired) electrons. The van der Waals surface area contributed by atoms with E-state index >= 15 is 0 Å². The monoisotopic (exact) mass is 279 g/mol. The fourth-order valence-electron chi connectivity index (χ4n) is 2.09. The molecular formula is C16H25NO3. The van der Waals surface area contributed by atoms with E-state index in [0.29, 0.717) is 6.54 Å². The highest BCUT2D eigenvalue weighted by Gasteiger charge is 2.23. The van der Waals surface area contributed by atoms with Crippen molar-refractivity contribution in [3.8, 4) is 0 Å². The van der Waals surface area contributed by atoms with Gasteiger partial charge in [0.15, 0.2) is 6.10 Å². The lowest BCUT2D eigenvalue weighted by Gasteiger charge is -2.26. The molecule has 0 aromatic heterocycles. The SMILES string of the molecule is COC(C(=O)NCC(C)(C)CCCO)c1ccccc1. The third-order valence-corrected chi connectivity index (χ3v) is 3.33. The molecule has 0 bridgehead atoms. The average Bonchev–Trinajstić information content (AvgIpc) is 2.45. The first-order chi connectivity index (χ1) is 9.50. The lowest BCUT2D eigenvalue weighted by Crippen LogP contribution is -2.37. The van der Waals surface area contributed by atoms with E-state index < -0.39 is 6.10 Å². The van der Waals surface area contributed by atoms with Gasteiger partial charge in [0, 0.05) is 20.3 Å². The van der Waals surface area contributed by atoms with Crippen molar-refractivity contribution in [3.05, 3.63) is 35.9 Å². The summed E-state index contributed by atoms with van der Waals surface area (Å²) in [6, 6.07) is 9.45. The fraction of sp³-hybridized carbons (Fsp3) is 0.562. The van der Waals surface area contributed by atoms with E-state index in [2.05, 4.69) is 19.2 Å².